The maximum Gasteiger partial charge on any atom is 0.186 e. The molecule has 0 fully saturated rings. The molecule has 114 valence electrons. The van der Waals surface area contributed by atoms with Crippen LogP contribution >= 0.6 is 11.3 Å². The number of rotatable bonds is 4. The maximum atomic E-state index is 10.4. The van der Waals surface area contributed by atoms with Crippen LogP contribution in [0.2, 0.25) is 0 Å². The first-order valence-electron chi connectivity index (χ1n) is 7.43. The van der Waals surface area contributed by atoms with E-state index in [1.807, 2.05) is 12.1 Å². The molecule has 3 rings (SSSR count). The van der Waals surface area contributed by atoms with Gasteiger partial charge in [-0.05, 0) is 37.3 Å². The number of fused-ring (bicyclic) bond motifs is 1. The molecule has 1 N–H and O–H groups in total. The fourth-order valence-electron chi connectivity index (χ4n) is 2.92. The van der Waals surface area contributed by atoms with Gasteiger partial charge in [0.1, 0.15) is 5.76 Å². The third-order valence-electron chi connectivity index (χ3n) is 3.99. The van der Waals surface area contributed by atoms with Crippen molar-refractivity contribution in [1.82, 2.24) is 4.98 Å². The van der Waals surface area contributed by atoms with Crippen molar-refractivity contribution in [1.29, 1.82) is 0 Å². The Kier molecular flexibility index (Phi) is 3.80. The summed E-state index contributed by atoms with van der Waals surface area (Å²) >= 11 is 1.62. The van der Waals surface area contributed by atoms with E-state index in [1.165, 1.54) is 0 Å². The topological polar surface area (TPSA) is 49.5 Å². The van der Waals surface area contributed by atoms with Gasteiger partial charge in [-0.3, -0.25) is 0 Å². The highest BCUT2D eigenvalue weighted by Gasteiger charge is 2.34. The van der Waals surface area contributed by atoms with Gasteiger partial charge in [0.25, 0.3) is 0 Å². The molecule has 4 nitrogen and oxygen atoms in total. The second-order valence-corrected chi connectivity index (χ2v) is 7.47. The molecule has 0 saturated heterocycles. The highest BCUT2D eigenvalue weighted by Crippen LogP contribution is 2.44. The number of hydrogen-bond donors (Lipinski definition) is 1. The van der Waals surface area contributed by atoms with E-state index < -0.39 is 0 Å². The molecule has 0 saturated carbocycles. The van der Waals surface area contributed by atoms with Crippen LogP contribution in [0, 0.1) is 5.41 Å². The third-order valence-corrected chi connectivity index (χ3v) is 5.25. The molecule has 0 bridgehead atoms. The normalized spacial score (nSPS) is 20.3. The quantitative estimate of drug-likeness (QED) is 0.934. The van der Waals surface area contributed by atoms with Crippen LogP contribution in [-0.2, 0) is 13.0 Å². The highest BCUT2D eigenvalue weighted by atomic mass is 32.1. The molecule has 0 spiro atoms. The molecule has 5 heteroatoms. The van der Waals surface area contributed by atoms with Crippen LogP contribution < -0.4 is 4.90 Å². The van der Waals surface area contributed by atoms with E-state index in [2.05, 4.69) is 25.7 Å². The average Bonchev–Trinajstić information content (AvgIpc) is 3.03. The molecule has 1 aliphatic rings. The molecule has 21 heavy (non-hydrogen) atoms. The summed E-state index contributed by atoms with van der Waals surface area (Å²) in [5, 5.41) is 11.3. The molecule has 2 heterocycles. The van der Waals surface area contributed by atoms with Gasteiger partial charge in [0.05, 0.1) is 29.5 Å². The van der Waals surface area contributed by atoms with Gasteiger partial charge in [0.2, 0.25) is 0 Å². The van der Waals surface area contributed by atoms with Crippen molar-refractivity contribution in [2.24, 2.45) is 5.41 Å². The number of thiazole rings is 1. The molecule has 0 aromatic carbocycles. The summed E-state index contributed by atoms with van der Waals surface area (Å²) in [5.41, 5.74) is 1.19. The van der Waals surface area contributed by atoms with Gasteiger partial charge < -0.3 is 14.4 Å². The van der Waals surface area contributed by atoms with E-state index in [9.17, 15) is 5.11 Å². The summed E-state index contributed by atoms with van der Waals surface area (Å²) in [6.07, 6.45) is 3.07. The van der Waals surface area contributed by atoms with Crippen LogP contribution in [0.15, 0.2) is 22.8 Å². The van der Waals surface area contributed by atoms with Gasteiger partial charge in [-0.25, -0.2) is 4.98 Å². The van der Waals surface area contributed by atoms with Crippen LogP contribution in [0.1, 0.15) is 49.6 Å². The monoisotopic (exact) mass is 306 g/mol. The summed E-state index contributed by atoms with van der Waals surface area (Å²) < 4.78 is 5.43. The van der Waals surface area contributed by atoms with Gasteiger partial charge >= 0.3 is 0 Å². The summed E-state index contributed by atoms with van der Waals surface area (Å²) in [7, 11) is 0. The molecular weight excluding hydrogens is 284 g/mol. The standard InChI is InChI=1S/C16H22N2O2S/c1-4-18(10-11-6-5-7-20-11)15-17-12-8-16(2,3)9-13(19)14(12)21-15/h5-7,13,19H,4,8-10H2,1-3H3. The summed E-state index contributed by atoms with van der Waals surface area (Å²) in [5.74, 6) is 0.936. The largest absolute Gasteiger partial charge is 0.467 e. The first-order chi connectivity index (χ1) is 9.98. The molecule has 0 radical (unpaired) electrons. The van der Waals surface area contributed by atoms with Crippen molar-refractivity contribution in [3.63, 3.8) is 0 Å². The zero-order valence-corrected chi connectivity index (χ0v) is 13.6. The summed E-state index contributed by atoms with van der Waals surface area (Å²) in [6, 6.07) is 3.89. The molecular formula is C16H22N2O2S. The van der Waals surface area contributed by atoms with Crippen LogP contribution in [0.3, 0.4) is 0 Å². The molecule has 1 atom stereocenters. The van der Waals surface area contributed by atoms with Crippen LogP contribution in [0.25, 0.3) is 0 Å². The lowest BCUT2D eigenvalue weighted by Crippen LogP contribution is -2.25. The van der Waals surface area contributed by atoms with E-state index in [4.69, 9.17) is 9.40 Å². The number of hydrogen-bond acceptors (Lipinski definition) is 5. The zero-order chi connectivity index (χ0) is 15.0. The van der Waals surface area contributed by atoms with Crippen LogP contribution in [0.4, 0.5) is 5.13 Å². The van der Waals surface area contributed by atoms with Crippen molar-refractivity contribution >= 4 is 16.5 Å². The van der Waals surface area contributed by atoms with Gasteiger partial charge in [0, 0.05) is 6.54 Å². The first-order valence-corrected chi connectivity index (χ1v) is 8.25. The van der Waals surface area contributed by atoms with E-state index in [0.717, 1.165) is 47.4 Å². The number of furan rings is 1. The molecule has 0 amide bonds. The van der Waals surface area contributed by atoms with Crippen molar-refractivity contribution in [2.75, 3.05) is 11.4 Å². The minimum atomic E-state index is -0.377. The number of nitrogens with zero attached hydrogens (tertiary/aromatic N) is 2. The smallest absolute Gasteiger partial charge is 0.186 e. The van der Waals surface area contributed by atoms with Crippen molar-refractivity contribution in [3.05, 3.63) is 34.7 Å². The van der Waals surface area contributed by atoms with Gasteiger partial charge in [-0.15, -0.1) is 0 Å². The van der Waals surface area contributed by atoms with Gasteiger partial charge in [-0.2, -0.15) is 0 Å². The Hall–Kier alpha value is -1.33. The van der Waals surface area contributed by atoms with E-state index >= 15 is 0 Å². The third kappa shape index (κ3) is 2.99. The van der Waals surface area contributed by atoms with E-state index in [0.29, 0.717) is 0 Å². The Morgan fingerprint density at radius 1 is 1.52 bits per heavy atom. The lowest BCUT2D eigenvalue weighted by Gasteiger charge is -2.31. The predicted octanol–water partition coefficient (Wildman–Crippen LogP) is 3.77. The van der Waals surface area contributed by atoms with Gasteiger partial charge in [0.15, 0.2) is 5.13 Å². The fourth-order valence-corrected chi connectivity index (χ4v) is 4.05. The van der Waals surface area contributed by atoms with Gasteiger partial charge in [-0.1, -0.05) is 25.2 Å². The van der Waals surface area contributed by atoms with Crippen LogP contribution in [0.5, 0.6) is 0 Å². The Bertz CT molecular complexity index is 604. The Morgan fingerprint density at radius 3 is 3.00 bits per heavy atom. The molecule has 1 aliphatic carbocycles. The molecule has 0 aliphatic heterocycles. The average molecular weight is 306 g/mol. The second-order valence-electron chi connectivity index (χ2n) is 6.46. The lowest BCUT2D eigenvalue weighted by molar-refractivity contribution is 0.102. The Labute approximate surface area is 129 Å². The first kappa shape index (κ1) is 14.6. The predicted molar refractivity (Wildman–Crippen MR) is 84.6 cm³/mol. The lowest BCUT2D eigenvalue weighted by atomic mass is 9.77. The second kappa shape index (κ2) is 5.46. The molecule has 1 unspecified atom stereocenters. The van der Waals surface area contributed by atoms with Crippen LogP contribution in [-0.4, -0.2) is 16.6 Å². The van der Waals surface area contributed by atoms with Crippen molar-refractivity contribution in [3.8, 4) is 0 Å². The molecule has 2 aromatic rings. The molecule has 2 aromatic heterocycles. The minimum absolute atomic E-state index is 0.121. The number of aliphatic hydroxyl groups excluding tert-OH is 1. The van der Waals surface area contributed by atoms with Crippen molar-refractivity contribution in [2.45, 2.75) is 46.3 Å². The summed E-state index contributed by atoms with van der Waals surface area (Å²) in [6.45, 7) is 8.09. The maximum absolute atomic E-state index is 10.4. The van der Waals surface area contributed by atoms with E-state index in [-0.39, 0.29) is 11.5 Å². The zero-order valence-electron chi connectivity index (χ0n) is 12.8. The Morgan fingerprint density at radius 2 is 2.33 bits per heavy atom. The minimum Gasteiger partial charge on any atom is -0.467 e. The SMILES string of the molecule is CCN(Cc1ccco1)c1nc2c(s1)C(O)CC(C)(C)C2. The number of aromatic nitrogens is 1. The van der Waals surface area contributed by atoms with Crippen molar-refractivity contribution < 1.29 is 9.52 Å². The fraction of sp³-hybridized carbons (Fsp3) is 0.562. The Balaban J connectivity index is 1.86. The van der Waals surface area contributed by atoms with E-state index in [1.54, 1.807) is 17.6 Å². The summed E-state index contributed by atoms with van der Waals surface area (Å²) in [4.78, 5) is 8.03. The number of aliphatic hydroxyl groups is 1. The highest BCUT2D eigenvalue weighted by molar-refractivity contribution is 7.15. The number of anilines is 1.